The second-order valence-electron chi connectivity index (χ2n) is 1.72. The molecule has 0 aromatic rings. The van der Waals surface area contributed by atoms with E-state index < -0.39 is 0 Å². The standard InChI is InChI=1S/C6H12N4S/c1-2-3-4-11-6(9)10-5(7)8/h2-3H,4H2,1H3,(H5,7,8,9,10)/b3-2+. The van der Waals surface area contributed by atoms with Gasteiger partial charge in [-0.05, 0) is 6.92 Å². The lowest BCUT2D eigenvalue weighted by atomic mass is 10.6. The van der Waals surface area contributed by atoms with Crippen molar-refractivity contribution < 1.29 is 0 Å². The van der Waals surface area contributed by atoms with Crippen LogP contribution in [0.5, 0.6) is 0 Å². The van der Waals surface area contributed by atoms with Gasteiger partial charge in [0.05, 0.1) is 0 Å². The van der Waals surface area contributed by atoms with E-state index in [0.29, 0.717) is 0 Å². The minimum absolute atomic E-state index is 0.0667. The number of aliphatic imine (C=N–C) groups is 1. The summed E-state index contributed by atoms with van der Waals surface area (Å²) in [5.41, 5.74) is 10.1. The SMILES string of the molecule is C/C=C/CSC(=N)N=C(N)N. The van der Waals surface area contributed by atoms with Crippen LogP contribution in [0, 0.1) is 5.41 Å². The molecule has 0 saturated carbocycles. The van der Waals surface area contributed by atoms with Crippen LogP contribution in [0.15, 0.2) is 17.1 Å². The Hall–Kier alpha value is -0.970. The molecule has 0 saturated heterocycles. The Bertz CT molecular complexity index is 181. The molecule has 0 aromatic carbocycles. The van der Waals surface area contributed by atoms with Gasteiger partial charge in [0.1, 0.15) is 0 Å². The molecule has 11 heavy (non-hydrogen) atoms. The quantitative estimate of drug-likeness (QED) is 0.322. The van der Waals surface area contributed by atoms with E-state index in [0.717, 1.165) is 5.75 Å². The molecule has 0 atom stereocenters. The van der Waals surface area contributed by atoms with Crippen LogP contribution in [0.3, 0.4) is 0 Å². The average Bonchev–Trinajstić information content (AvgIpc) is 1.86. The minimum Gasteiger partial charge on any atom is -0.370 e. The molecule has 0 rings (SSSR count). The van der Waals surface area contributed by atoms with E-state index in [2.05, 4.69) is 4.99 Å². The van der Waals surface area contributed by atoms with Crippen molar-refractivity contribution in [2.45, 2.75) is 6.92 Å². The third-order valence-electron chi connectivity index (χ3n) is 0.783. The summed E-state index contributed by atoms with van der Waals surface area (Å²) >= 11 is 1.28. The van der Waals surface area contributed by atoms with Gasteiger partial charge in [-0.3, -0.25) is 5.41 Å². The fraction of sp³-hybridized carbons (Fsp3) is 0.333. The molecule has 0 amide bonds. The van der Waals surface area contributed by atoms with Crippen molar-refractivity contribution >= 4 is 22.9 Å². The van der Waals surface area contributed by atoms with Crippen molar-refractivity contribution in [3.8, 4) is 0 Å². The van der Waals surface area contributed by atoms with E-state index in [-0.39, 0.29) is 11.1 Å². The van der Waals surface area contributed by atoms with Crippen molar-refractivity contribution in [3.05, 3.63) is 12.2 Å². The first-order valence-corrected chi connectivity index (χ1v) is 4.07. The van der Waals surface area contributed by atoms with Crippen LogP contribution in [0.2, 0.25) is 0 Å². The minimum atomic E-state index is -0.0667. The van der Waals surface area contributed by atoms with E-state index >= 15 is 0 Å². The third kappa shape index (κ3) is 6.92. The van der Waals surface area contributed by atoms with Gasteiger partial charge >= 0.3 is 0 Å². The zero-order chi connectivity index (χ0) is 8.69. The summed E-state index contributed by atoms with van der Waals surface area (Å²) in [6.07, 6.45) is 3.84. The number of thioether (sulfide) groups is 1. The molecule has 5 N–H and O–H groups in total. The number of rotatable bonds is 2. The smallest absolute Gasteiger partial charge is 0.193 e. The lowest BCUT2D eigenvalue weighted by Gasteiger charge is -1.93. The summed E-state index contributed by atoms with van der Waals surface area (Å²) in [6, 6.07) is 0. The van der Waals surface area contributed by atoms with E-state index in [1.54, 1.807) is 0 Å². The highest BCUT2D eigenvalue weighted by Crippen LogP contribution is 2.02. The monoisotopic (exact) mass is 172 g/mol. The lowest BCUT2D eigenvalue weighted by Crippen LogP contribution is -2.23. The molecular formula is C6H12N4S. The van der Waals surface area contributed by atoms with Gasteiger partial charge in [-0.1, -0.05) is 23.9 Å². The van der Waals surface area contributed by atoms with Crippen molar-refractivity contribution in [1.29, 1.82) is 5.41 Å². The van der Waals surface area contributed by atoms with E-state index in [4.69, 9.17) is 16.9 Å². The van der Waals surface area contributed by atoms with Crippen LogP contribution >= 0.6 is 11.8 Å². The summed E-state index contributed by atoms with van der Waals surface area (Å²) in [5.74, 6) is 0.662. The van der Waals surface area contributed by atoms with Gasteiger partial charge < -0.3 is 11.5 Å². The predicted molar refractivity (Wildman–Crippen MR) is 50.8 cm³/mol. The first kappa shape index (κ1) is 10.0. The molecule has 0 bridgehead atoms. The molecular weight excluding hydrogens is 160 g/mol. The van der Waals surface area contributed by atoms with Crippen molar-refractivity contribution in [3.63, 3.8) is 0 Å². The second-order valence-corrected chi connectivity index (χ2v) is 2.73. The summed E-state index contributed by atoms with van der Waals surface area (Å²) < 4.78 is 0. The molecule has 0 fully saturated rings. The molecule has 0 aromatic heterocycles. The Morgan fingerprint density at radius 2 is 2.27 bits per heavy atom. The lowest BCUT2D eigenvalue weighted by molar-refractivity contribution is 1.44. The first-order chi connectivity index (χ1) is 5.16. The number of nitrogens with zero attached hydrogens (tertiary/aromatic N) is 1. The third-order valence-corrected chi connectivity index (χ3v) is 1.51. The van der Waals surface area contributed by atoms with Crippen molar-refractivity contribution in [2.75, 3.05) is 5.75 Å². The molecule has 0 radical (unpaired) electrons. The maximum atomic E-state index is 7.18. The molecule has 0 unspecified atom stereocenters. The molecule has 0 aliphatic rings. The van der Waals surface area contributed by atoms with Crippen molar-refractivity contribution in [2.24, 2.45) is 16.5 Å². The Kier molecular flexibility index (Phi) is 5.28. The Balaban J connectivity index is 3.62. The highest BCUT2D eigenvalue weighted by molar-refractivity contribution is 8.13. The maximum absolute atomic E-state index is 7.18. The summed E-state index contributed by atoms with van der Waals surface area (Å²) in [5, 5.41) is 7.32. The normalized spacial score (nSPS) is 9.91. The molecule has 0 spiro atoms. The highest BCUT2D eigenvalue weighted by Gasteiger charge is 1.91. The topological polar surface area (TPSA) is 88.2 Å². The van der Waals surface area contributed by atoms with E-state index in [1.165, 1.54) is 11.8 Å². The van der Waals surface area contributed by atoms with Crippen LogP contribution < -0.4 is 11.5 Å². The second kappa shape index (κ2) is 5.79. The molecule has 62 valence electrons. The van der Waals surface area contributed by atoms with Gasteiger partial charge in [0.25, 0.3) is 0 Å². The van der Waals surface area contributed by atoms with Gasteiger partial charge in [-0.2, -0.15) is 4.99 Å². The van der Waals surface area contributed by atoms with Gasteiger partial charge in [0, 0.05) is 5.75 Å². The molecule has 5 heteroatoms. The average molecular weight is 172 g/mol. The van der Waals surface area contributed by atoms with Crippen LogP contribution in [-0.2, 0) is 0 Å². The number of nitrogens with two attached hydrogens (primary N) is 2. The fourth-order valence-corrected chi connectivity index (χ4v) is 0.989. The number of amidine groups is 1. The van der Waals surface area contributed by atoms with Gasteiger partial charge in [-0.25, -0.2) is 0 Å². The van der Waals surface area contributed by atoms with Crippen LogP contribution in [0.4, 0.5) is 0 Å². The highest BCUT2D eigenvalue weighted by atomic mass is 32.2. The molecule has 0 aliphatic carbocycles. The largest absolute Gasteiger partial charge is 0.370 e. The fourth-order valence-electron chi connectivity index (χ4n) is 0.373. The number of nitrogens with one attached hydrogen (secondary N) is 1. The number of hydrogen-bond acceptors (Lipinski definition) is 2. The zero-order valence-corrected chi connectivity index (χ0v) is 7.19. The van der Waals surface area contributed by atoms with Crippen LogP contribution in [-0.4, -0.2) is 16.9 Å². The number of allylic oxidation sites excluding steroid dienone is 1. The van der Waals surface area contributed by atoms with Gasteiger partial charge in [-0.15, -0.1) is 0 Å². The summed E-state index contributed by atoms with van der Waals surface area (Å²) in [4.78, 5) is 3.53. The Morgan fingerprint density at radius 3 is 2.73 bits per heavy atom. The van der Waals surface area contributed by atoms with E-state index in [1.807, 2.05) is 19.1 Å². The molecule has 4 nitrogen and oxygen atoms in total. The summed E-state index contributed by atoms with van der Waals surface area (Å²) in [6.45, 7) is 1.92. The first-order valence-electron chi connectivity index (χ1n) is 3.09. The van der Waals surface area contributed by atoms with Gasteiger partial charge in [0.2, 0.25) is 0 Å². The maximum Gasteiger partial charge on any atom is 0.193 e. The Labute approximate surface area is 70.3 Å². The molecule has 0 heterocycles. The van der Waals surface area contributed by atoms with E-state index in [9.17, 15) is 0 Å². The van der Waals surface area contributed by atoms with Crippen molar-refractivity contribution in [1.82, 2.24) is 0 Å². The predicted octanol–water partition coefficient (Wildman–Crippen LogP) is 0.504. The Morgan fingerprint density at radius 1 is 1.64 bits per heavy atom. The van der Waals surface area contributed by atoms with Crippen LogP contribution in [0.25, 0.3) is 0 Å². The number of guanidine groups is 1. The summed E-state index contributed by atoms with van der Waals surface area (Å²) in [7, 11) is 0. The number of hydrogen-bond donors (Lipinski definition) is 3. The zero-order valence-electron chi connectivity index (χ0n) is 6.37. The van der Waals surface area contributed by atoms with Gasteiger partial charge in [0.15, 0.2) is 11.1 Å². The molecule has 0 aliphatic heterocycles. The van der Waals surface area contributed by atoms with Crippen LogP contribution in [0.1, 0.15) is 6.92 Å².